The van der Waals surface area contributed by atoms with Crippen molar-refractivity contribution in [1.82, 2.24) is 19.9 Å². The molecule has 1 unspecified atom stereocenters. The number of likely N-dealkylation sites (tertiary alicyclic amines) is 1. The predicted octanol–water partition coefficient (Wildman–Crippen LogP) is 4.08. The summed E-state index contributed by atoms with van der Waals surface area (Å²) in [7, 11) is 0. The predicted molar refractivity (Wildman–Crippen MR) is 130 cm³/mol. The van der Waals surface area contributed by atoms with Crippen LogP contribution in [0.4, 0.5) is 23.5 Å². The topological polar surface area (TPSA) is 122 Å². The van der Waals surface area contributed by atoms with Crippen LogP contribution in [0.25, 0.3) is 0 Å². The maximum atomic E-state index is 9.78. The molecule has 2 aromatic rings. The molecule has 4 rings (SSSR count). The number of nitrogens with zero attached hydrogens (tertiary/aromatic N) is 5. The molecule has 2 fully saturated rings. The van der Waals surface area contributed by atoms with E-state index in [4.69, 9.17) is 0 Å². The van der Waals surface area contributed by atoms with Crippen molar-refractivity contribution in [2.75, 3.05) is 42.1 Å². The Hall–Kier alpha value is -3.12. The van der Waals surface area contributed by atoms with Crippen LogP contribution in [0.1, 0.15) is 57.4 Å². The van der Waals surface area contributed by atoms with Crippen molar-refractivity contribution in [3.05, 3.63) is 23.8 Å². The normalized spacial score (nSPS) is 19.2. The van der Waals surface area contributed by atoms with Crippen LogP contribution in [0, 0.1) is 17.2 Å². The van der Waals surface area contributed by atoms with Crippen LogP contribution >= 0.6 is 0 Å². The van der Waals surface area contributed by atoms with Crippen molar-refractivity contribution < 1.29 is 5.11 Å². The molecule has 0 bridgehead atoms. The lowest BCUT2D eigenvalue weighted by atomic mass is 9.89. The number of nitrogens with one attached hydrogen (secondary N) is 3. The summed E-state index contributed by atoms with van der Waals surface area (Å²) in [5, 5.41) is 29.0. The summed E-state index contributed by atoms with van der Waals surface area (Å²) in [6.45, 7) is 6.03. The molecule has 4 N–H and O–H groups in total. The fraction of sp³-hybridized carbons (Fsp3) is 0.583. The average molecular weight is 451 g/mol. The van der Waals surface area contributed by atoms with E-state index in [1.165, 1.54) is 51.0 Å². The van der Waals surface area contributed by atoms with Gasteiger partial charge in [0.2, 0.25) is 17.8 Å². The van der Waals surface area contributed by atoms with Gasteiger partial charge in [-0.25, -0.2) is 0 Å². The van der Waals surface area contributed by atoms with Crippen LogP contribution in [0.5, 0.6) is 5.75 Å². The Morgan fingerprint density at radius 1 is 1.00 bits per heavy atom. The second-order valence-corrected chi connectivity index (χ2v) is 8.97. The molecule has 2 aliphatic rings. The number of nitriles is 1. The third kappa shape index (κ3) is 6.23. The summed E-state index contributed by atoms with van der Waals surface area (Å²) in [5.74, 6) is 2.06. The molecule has 1 aromatic heterocycles. The van der Waals surface area contributed by atoms with E-state index >= 15 is 0 Å². The van der Waals surface area contributed by atoms with Gasteiger partial charge in [-0.3, -0.25) is 4.90 Å². The summed E-state index contributed by atoms with van der Waals surface area (Å²) in [5.41, 5.74) is 0.830. The Bertz CT molecular complexity index is 969. The number of hydrogen-bond acceptors (Lipinski definition) is 9. The van der Waals surface area contributed by atoms with Gasteiger partial charge in [0, 0.05) is 24.8 Å². The van der Waals surface area contributed by atoms with E-state index in [0.717, 1.165) is 26.2 Å². The minimum Gasteiger partial charge on any atom is -0.507 e. The molecule has 1 saturated carbocycles. The van der Waals surface area contributed by atoms with Gasteiger partial charge < -0.3 is 21.1 Å². The first-order valence-electron chi connectivity index (χ1n) is 12.1. The highest BCUT2D eigenvalue weighted by Gasteiger charge is 2.23. The van der Waals surface area contributed by atoms with Crippen molar-refractivity contribution in [3.8, 4) is 11.8 Å². The van der Waals surface area contributed by atoms with Crippen LogP contribution in [0.3, 0.4) is 0 Å². The largest absolute Gasteiger partial charge is 0.507 e. The van der Waals surface area contributed by atoms with E-state index in [9.17, 15) is 10.4 Å². The monoisotopic (exact) mass is 450 g/mol. The van der Waals surface area contributed by atoms with Gasteiger partial charge in [0.05, 0.1) is 5.56 Å². The average Bonchev–Trinajstić information content (AvgIpc) is 3.31. The number of rotatable bonds is 9. The Labute approximate surface area is 195 Å². The van der Waals surface area contributed by atoms with Crippen LogP contribution < -0.4 is 16.0 Å². The summed E-state index contributed by atoms with van der Waals surface area (Å²) >= 11 is 0. The maximum Gasteiger partial charge on any atom is 0.233 e. The smallest absolute Gasteiger partial charge is 0.233 e. The van der Waals surface area contributed by atoms with Crippen LogP contribution in [-0.4, -0.2) is 57.2 Å². The summed E-state index contributed by atoms with van der Waals surface area (Å²) in [6.07, 6.45) is 8.80. The second-order valence-electron chi connectivity index (χ2n) is 8.97. The van der Waals surface area contributed by atoms with Gasteiger partial charge in [-0.2, -0.15) is 20.2 Å². The Morgan fingerprint density at radius 3 is 2.45 bits per heavy atom. The minimum atomic E-state index is -0.0482. The molecule has 9 heteroatoms. The molecule has 0 spiro atoms. The maximum absolute atomic E-state index is 9.78. The Kier molecular flexibility index (Phi) is 7.79. The van der Waals surface area contributed by atoms with Crippen molar-refractivity contribution in [2.24, 2.45) is 5.92 Å². The van der Waals surface area contributed by atoms with Gasteiger partial charge in [-0.15, -0.1) is 0 Å². The van der Waals surface area contributed by atoms with Gasteiger partial charge in [0.15, 0.2) is 0 Å². The SMILES string of the molecule is CCN1CCCC1CNc1nc(NCC2CCCCC2)nc(Nc2ccc(O)c(C#N)c2)n1. The van der Waals surface area contributed by atoms with Crippen molar-refractivity contribution in [3.63, 3.8) is 0 Å². The third-order valence-electron chi connectivity index (χ3n) is 6.68. The number of phenols is 1. The zero-order valence-electron chi connectivity index (χ0n) is 19.3. The molecule has 1 saturated heterocycles. The third-order valence-corrected chi connectivity index (χ3v) is 6.68. The summed E-state index contributed by atoms with van der Waals surface area (Å²) < 4.78 is 0. The number of anilines is 4. The van der Waals surface area contributed by atoms with Gasteiger partial charge in [-0.05, 0) is 62.9 Å². The highest BCUT2D eigenvalue weighted by Crippen LogP contribution is 2.25. The van der Waals surface area contributed by atoms with Crippen molar-refractivity contribution >= 4 is 23.5 Å². The van der Waals surface area contributed by atoms with Gasteiger partial charge in [0.25, 0.3) is 0 Å². The van der Waals surface area contributed by atoms with Gasteiger partial charge in [0.1, 0.15) is 11.8 Å². The highest BCUT2D eigenvalue weighted by atomic mass is 16.3. The lowest BCUT2D eigenvalue weighted by molar-refractivity contribution is 0.277. The van der Waals surface area contributed by atoms with Crippen molar-refractivity contribution in [1.29, 1.82) is 5.26 Å². The molecular formula is C24H34N8O. The van der Waals surface area contributed by atoms with E-state index < -0.39 is 0 Å². The molecule has 33 heavy (non-hydrogen) atoms. The number of aromatic hydroxyl groups is 1. The number of aromatic nitrogens is 3. The quantitative estimate of drug-likeness (QED) is 0.419. The standard InChI is InChI=1S/C24H34N8O/c1-2-32-12-6-9-20(32)16-27-23-29-22(26-15-17-7-4-3-5-8-17)30-24(31-23)28-19-10-11-21(33)18(13-19)14-25/h10-11,13,17,20,33H,2-9,12,15-16H2,1H3,(H3,26,27,28,29,30,31). The first-order chi connectivity index (χ1) is 16.1. The van der Waals surface area contributed by atoms with E-state index in [2.05, 4.69) is 42.7 Å². The molecule has 176 valence electrons. The van der Waals surface area contributed by atoms with E-state index in [1.807, 2.05) is 6.07 Å². The summed E-state index contributed by atoms with van der Waals surface area (Å²) in [4.78, 5) is 16.2. The molecule has 0 radical (unpaired) electrons. The van der Waals surface area contributed by atoms with Crippen LogP contribution in [0.2, 0.25) is 0 Å². The van der Waals surface area contributed by atoms with E-state index in [-0.39, 0.29) is 11.3 Å². The molecule has 1 aliphatic carbocycles. The van der Waals surface area contributed by atoms with Gasteiger partial charge in [-0.1, -0.05) is 26.2 Å². The molecular weight excluding hydrogens is 416 g/mol. The molecule has 9 nitrogen and oxygen atoms in total. The van der Waals surface area contributed by atoms with Crippen LogP contribution in [0.15, 0.2) is 18.2 Å². The van der Waals surface area contributed by atoms with Crippen LogP contribution in [-0.2, 0) is 0 Å². The first kappa shape index (κ1) is 23.1. The van der Waals surface area contributed by atoms with E-state index in [1.54, 1.807) is 12.1 Å². The lowest BCUT2D eigenvalue weighted by Crippen LogP contribution is -2.35. The first-order valence-corrected chi connectivity index (χ1v) is 12.1. The number of likely N-dealkylation sites (N-methyl/N-ethyl adjacent to an activating group) is 1. The van der Waals surface area contributed by atoms with E-state index in [0.29, 0.717) is 35.5 Å². The number of hydrogen-bond donors (Lipinski definition) is 4. The van der Waals surface area contributed by atoms with Gasteiger partial charge >= 0.3 is 0 Å². The molecule has 1 atom stereocenters. The minimum absolute atomic E-state index is 0.0482. The zero-order chi connectivity index (χ0) is 23.0. The fourth-order valence-corrected chi connectivity index (χ4v) is 4.80. The zero-order valence-corrected chi connectivity index (χ0v) is 19.3. The Morgan fingerprint density at radius 2 is 1.73 bits per heavy atom. The number of phenolic OH excluding ortho intramolecular Hbond substituents is 1. The second kappa shape index (κ2) is 11.1. The van der Waals surface area contributed by atoms with Crippen molar-refractivity contribution in [2.45, 2.75) is 57.9 Å². The fourth-order valence-electron chi connectivity index (χ4n) is 4.80. The highest BCUT2D eigenvalue weighted by molar-refractivity contribution is 5.61. The molecule has 2 heterocycles. The Balaban J connectivity index is 1.49. The number of benzene rings is 1. The lowest BCUT2D eigenvalue weighted by Gasteiger charge is -2.23. The molecule has 1 aromatic carbocycles. The summed E-state index contributed by atoms with van der Waals surface area (Å²) in [6, 6.07) is 7.24. The molecule has 0 amide bonds. The molecule has 1 aliphatic heterocycles.